The Morgan fingerprint density at radius 1 is 1.43 bits per heavy atom. The summed E-state index contributed by atoms with van der Waals surface area (Å²) in [5.41, 5.74) is 0. The largest absolute Gasteiger partial charge is 0.306 e. The highest BCUT2D eigenvalue weighted by Crippen LogP contribution is 2.09. The van der Waals surface area contributed by atoms with Crippen LogP contribution in [-0.4, -0.2) is 35.8 Å². The summed E-state index contributed by atoms with van der Waals surface area (Å²) in [6, 6.07) is -0.146. The molecule has 1 unspecified atom stereocenters. The molecule has 0 spiro atoms. The third-order valence-corrected chi connectivity index (χ3v) is 2.57. The highest BCUT2D eigenvalue weighted by Gasteiger charge is 2.26. The zero-order chi connectivity index (χ0) is 10.6. The van der Waals surface area contributed by atoms with E-state index in [1.807, 2.05) is 6.92 Å². The van der Waals surface area contributed by atoms with E-state index in [-0.39, 0.29) is 17.9 Å². The Morgan fingerprint density at radius 3 is 2.57 bits per heavy atom. The Hall–Kier alpha value is -0.900. The Bertz CT molecular complexity index is 222. The first-order chi connectivity index (χ1) is 6.66. The summed E-state index contributed by atoms with van der Waals surface area (Å²) in [5, 5.41) is 3.15. The van der Waals surface area contributed by atoms with Crippen LogP contribution in [0.2, 0.25) is 0 Å². The molecule has 80 valence electrons. The first kappa shape index (κ1) is 11.2. The van der Waals surface area contributed by atoms with Crippen LogP contribution in [0.4, 0.5) is 0 Å². The predicted molar refractivity (Wildman–Crippen MR) is 53.7 cm³/mol. The van der Waals surface area contributed by atoms with Crippen molar-refractivity contribution in [1.29, 1.82) is 0 Å². The number of amides is 2. The summed E-state index contributed by atoms with van der Waals surface area (Å²) in [6.07, 6.45) is 3.04. The minimum atomic E-state index is -0.162. The van der Waals surface area contributed by atoms with Gasteiger partial charge in [-0.25, -0.2) is 0 Å². The van der Waals surface area contributed by atoms with Crippen molar-refractivity contribution in [2.75, 3.05) is 13.1 Å². The molecule has 0 aromatic carbocycles. The third kappa shape index (κ3) is 2.54. The van der Waals surface area contributed by atoms with Crippen molar-refractivity contribution in [3.63, 3.8) is 0 Å². The maximum atomic E-state index is 11.8. The average molecular weight is 198 g/mol. The van der Waals surface area contributed by atoms with Crippen molar-refractivity contribution in [3.05, 3.63) is 0 Å². The van der Waals surface area contributed by atoms with Crippen molar-refractivity contribution in [2.45, 2.75) is 39.2 Å². The van der Waals surface area contributed by atoms with E-state index >= 15 is 0 Å². The molecular weight excluding hydrogens is 180 g/mol. The van der Waals surface area contributed by atoms with E-state index in [1.165, 1.54) is 11.8 Å². The van der Waals surface area contributed by atoms with Gasteiger partial charge in [-0.3, -0.25) is 14.5 Å². The molecule has 1 rings (SSSR count). The van der Waals surface area contributed by atoms with Crippen molar-refractivity contribution in [2.24, 2.45) is 0 Å². The molecule has 1 fully saturated rings. The van der Waals surface area contributed by atoms with E-state index in [9.17, 15) is 9.59 Å². The van der Waals surface area contributed by atoms with Crippen LogP contribution in [-0.2, 0) is 9.59 Å². The molecule has 1 saturated heterocycles. The van der Waals surface area contributed by atoms with Crippen LogP contribution in [0.1, 0.15) is 33.1 Å². The van der Waals surface area contributed by atoms with Gasteiger partial charge in [0.15, 0.2) is 0 Å². The Labute approximate surface area is 84.7 Å². The number of carbonyl (C=O) groups excluding carboxylic acids is 2. The first-order valence-electron chi connectivity index (χ1n) is 5.22. The second-order valence-electron chi connectivity index (χ2n) is 3.60. The lowest BCUT2D eigenvalue weighted by Crippen LogP contribution is -2.49. The van der Waals surface area contributed by atoms with Gasteiger partial charge in [-0.2, -0.15) is 0 Å². The number of nitrogens with one attached hydrogen (secondary N) is 1. The minimum absolute atomic E-state index is 0.0697. The Balaban J connectivity index is 2.56. The number of piperidine rings is 1. The van der Waals surface area contributed by atoms with Crippen molar-refractivity contribution >= 4 is 11.8 Å². The Kier molecular flexibility index (Phi) is 4.07. The van der Waals surface area contributed by atoms with Crippen LogP contribution < -0.4 is 5.32 Å². The van der Waals surface area contributed by atoms with Crippen molar-refractivity contribution in [1.82, 2.24) is 10.2 Å². The summed E-state index contributed by atoms with van der Waals surface area (Å²) >= 11 is 0. The molecule has 1 aliphatic heterocycles. The maximum Gasteiger partial charge on any atom is 0.246 e. The van der Waals surface area contributed by atoms with E-state index < -0.39 is 0 Å². The van der Waals surface area contributed by atoms with E-state index in [1.54, 1.807) is 0 Å². The van der Waals surface area contributed by atoms with Gasteiger partial charge in [0, 0.05) is 13.5 Å². The van der Waals surface area contributed by atoms with Gasteiger partial charge in [0.1, 0.15) is 0 Å². The summed E-state index contributed by atoms with van der Waals surface area (Å²) in [6.45, 7) is 4.60. The average Bonchev–Trinajstić information content (AvgIpc) is 2.19. The van der Waals surface area contributed by atoms with Gasteiger partial charge < -0.3 is 5.32 Å². The van der Waals surface area contributed by atoms with Gasteiger partial charge in [0.05, 0.1) is 6.04 Å². The third-order valence-electron chi connectivity index (χ3n) is 2.57. The fourth-order valence-corrected chi connectivity index (χ4v) is 1.78. The lowest BCUT2D eigenvalue weighted by atomic mass is 10.0. The molecule has 1 heterocycles. The molecule has 2 amide bonds. The lowest BCUT2D eigenvalue weighted by molar-refractivity contribution is -0.145. The summed E-state index contributed by atoms with van der Waals surface area (Å²) < 4.78 is 0. The maximum absolute atomic E-state index is 11.8. The van der Waals surface area contributed by atoms with Gasteiger partial charge >= 0.3 is 0 Å². The summed E-state index contributed by atoms with van der Waals surface area (Å²) in [4.78, 5) is 24.3. The molecule has 1 N–H and O–H groups in total. The first-order valence-corrected chi connectivity index (χ1v) is 5.22. The normalized spacial score (nSPS) is 21.7. The van der Waals surface area contributed by atoms with Crippen LogP contribution >= 0.6 is 0 Å². The number of hydrogen-bond donors (Lipinski definition) is 1. The molecule has 14 heavy (non-hydrogen) atoms. The Morgan fingerprint density at radius 2 is 2.14 bits per heavy atom. The monoisotopic (exact) mass is 198 g/mol. The molecule has 1 atom stereocenters. The number of likely N-dealkylation sites (N-methyl/N-ethyl adjacent to an activating group) is 1. The van der Waals surface area contributed by atoms with Crippen LogP contribution in [0.3, 0.4) is 0 Å². The zero-order valence-corrected chi connectivity index (χ0v) is 8.88. The summed E-state index contributed by atoms with van der Waals surface area (Å²) in [7, 11) is 0. The van der Waals surface area contributed by atoms with Gasteiger partial charge in [-0.15, -0.1) is 0 Å². The van der Waals surface area contributed by atoms with Gasteiger partial charge in [0.2, 0.25) is 11.8 Å². The van der Waals surface area contributed by atoms with Crippen LogP contribution in [0.5, 0.6) is 0 Å². The highest BCUT2D eigenvalue weighted by molar-refractivity contribution is 5.96. The molecule has 0 radical (unpaired) electrons. The SMILES string of the molecule is CCN(C(C)=O)C(=O)C1CCCCN1. The molecule has 0 aromatic rings. The van der Waals surface area contributed by atoms with Crippen LogP contribution in [0.25, 0.3) is 0 Å². The molecule has 0 aliphatic carbocycles. The summed E-state index contributed by atoms with van der Waals surface area (Å²) in [5.74, 6) is -0.232. The second-order valence-corrected chi connectivity index (χ2v) is 3.60. The number of rotatable bonds is 2. The van der Waals surface area contributed by atoms with Gasteiger partial charge in [-0.05, 0) is 26.3 Å². The predicted octanol–water partition coefficient (Wildman–Crippen LogP) is 0.523. The molecular formula is C10H18N2O2. The standard InChI is InChI=1S/C10H18N2O2/c1-3-12(8(2)13)10(14)9-6-4-5-7-11-9/h9,11H,3-7H2,1-2H3. The van der Waals surface area contributed by atoms with E-state index in [4.69, 9.17) is 0 Å². The molecule has 0 saturated carbocycles. The van der Waals surface area contributed by atoms with Crippen LogP contribution in [0, 0.1) is 0 Å². The fourth-order valence-electron chi connectivity index (χ4n) is 1.78. The van der Waals surface area contributed by atoms with E-state index in [0.29, 0.717) is 6.54 Å². The smallest absolute Gasteiger partial charge is 0.246 e. The molecule has 0 bridgehead atoms. The quantitative estimate of drug-likeness (QED) is 0.704. The second kappa shape index (κ2) is 5.10. The topological polar surface area (TPSA) is 49.4 Å². The molecule has 0 aromatic heterocycles. The van der Waals surface area contributed by atoms with E-state index in [2.05, 4.69) is 5.32 Å². The van der Waals surface area contributed by atoms with Gasteiger partial charge in [0.25, 0.3) is 0 Å². The van der Waals surface area contributed by atoms with Gasteiger partial charge in [-0.1, -0.05) is 6.42 Å². The van der Waals surface area contributed by atoms with Crippen LogP contribution in [0.15, 0.2) is 0 Å². The molecule has 4 heteroatoms. The van der Waals surface area contributed by atoms with Crippen molar-refractivity contribution < 1.29 is 9.59 Å². The highest BCUT2D eigenvalue weighted by atomic mass is 16.2. The van der Waals surface area contributed by atoms with Crippen molar-refractivity contribution in [3.8, 4) is 0 Å². The number of hydrogen-bond acceptors (Lipinski definition) is 3. The number of nitrogens with zero attached hydrogens (tertiary/aromatic N) is 1. The number of carbonyl (C=O) groups is 2. The van der Waals surface area contributed by atoms with E-state index in [0.717, 1.165) is 25.8 Å². The molecule has 4 nitrogen and oxygen atoms in total. The molecule has 1 aliphatic rings. The number of imide groups is 1. The fraction of sp³-hybridized carbons (Fsp3) is 0.800. The minimum Gasteiger partial charge on any atom is -0.306 e. The zero-order valence-electron chi connectivity index (χ0n) is 8.88. The lowest BCUT2D eigenvalue weighted by Gasteiger charge is -2.27.